The van der Waals surface area contributed by atoms with E-state index in [1.54, 1.807) is 6.07 Å². The second-order valence-corrected chi connectivity index (χ2v) is 8.26. The molecule has 0 aliphatic carbocycles. The molecule has 0 saturated carbocycles. The second-order valence-electron chi connectivity index (χ2n) is 5.70. The quantitative estimate of drug-likeness (QED) is 0.487. The second kappa shape index (κ2) is 9.04. The smallest absolute Gasteiger partial charge is 0.349 e. The van der Waals surface area contributed by atoms with Gasteiger partial charge >= 0.3 is 5.97 Å². The van der Waals surface area contributed by atoms with Crippen LogP contribution in [0.1, 0.15) is 33.9 Å². The van der Waals surface area contributed by atoms with E-state index in [4.69, 9.17) is 9.47 Å². The lowest BCUT2D eigenvalue weighted by Gasteiger charge is -2.14. The molecule has 0 unspecified atom stereocenters. The fourth-order valence-electron chi connectivity index (χ4n) is 2.15. The number of ether oxygens (including phenoxy) is 3. The highest BCUT2D eigenvalue weighted by molar-refractivity contribution is 7.89. The molecule has 9 nitrogen and oxygen atoms in total. The van der Waals surface area contributed by atoms with Crippen molar-refractivity contribution in [3.8, 4) is 11.5 Å². The van der Waals surface area contributed by atoms with E-state index < -0.39 is 21.9 Å². The van der Waals surface area contributed by atoms with Crippen molar-refractivity contribution in [3.63, 3.8) is 0 Å². The minimum absolute atomic E-state index is 0.0880. The molecule has 1 aromatic heterocycles. The first-order valence-corrected chi connectivity index (χ1v) is 10.4. The zero-order valence-corrected chi connectivity index (χ0v) is 17.3. The van der Waals surface area contributed by atoms with Gasteiger partial charge in [-0.15, -0.1) is 16.2 Å². The Morgan fingerprint density at radius 3 is 2.43 bits per heavy atom. The van der Waals surface area contributed by atoms with Gasteiger partial charge in [0.05, 0.1) is 20.3 Å². The van der Waals surface area contributed by atoms with E-state index in [-0.39, 0.29) is 21.4 Å². The number of amides is 1. The molecule has 0 atom stereocenters. The summed E-state index contributed by atoms with van der Waals surface area (Å²) in [6, 6.07) is 5.68. The number of methoxy groups -OCH3 is 2. The number of carbonyl (C=O) groups excluding carboxylic acids is 2. The first-order chi connectivity index (χ1) is 13.2. The van der Waals surface area contributed by atoms with Crippen LogP contribution in [0.5, 0.6) is 11.5 Å². The molecule has 1 heterocycles. The van der Waals surface area contributed by atoms with Crippen molar-refractivity contribution in [1.29, 1.82) is 0 Å². The fourth-order valence-corrected chi connectivity index (χ4v) is 4.33. The Morgan fingerprint density at radius 1 is 1.11 bits per heavy atom. The number of benzene rings is 1. The molecule has 0 bridgehead atoms. The minimum atomic E-state index is -4.17. The Bertz CT molecular complexity index is 968. The van der Waals surface area contributed by atoms with Crippen molar-refractivity contribution in [2.24, 2.45) is 0 Å². The van der Waals surface area contributed by atoms with E-state index in [0.29, 0.717) is 11.5 Å². The van der Waals surface area contributed by atoms with Crippen LogP contribution >= 0.6 is 11.3 Å². The van der Waals surface area contributed by atoms with Crippen molar-refractivity contribution in [2.45, 2.75) is 24.8 Å². The first kappa shape index (κ1) is 21.7. The van der Waals surface area contributed by atoms with Crippen LogP contribution < -0.4 is 19.7 Å². The van der Waals surface area contributed by atoms with E-state index >= 15 is 0 Å². The molecular formula is C17H20N2O7S2. The van der Waals surface area contributed by atoms with Gasteiger partial charge in [-0.25, -0.2) is 13.2 Å². The van der Waals surface area contributed by atoms with Crippen LogP contribution in [-0.2, 0) is 14.8 Å². The molecule has 152 valence electrons. The summed E-state index contributed by atoms with van der Waals surface area (Å²) in [5.74, 6) is -0.717. The number of thiophene rings is 1. The molecule has 28 heavy (non-hydrogen) atoms. The highest BCUT2D eigenvalue weighted by atomic mass is 32.2. The largest absolute Gasteiger partial charge is 0.493 e. The highest BCUT2D eigenvalue weighted by Crippen LogP contribution is 2.29. The molecule has 1 amide bonds. The lowest BCUT2D eigenvalue weighted by atomic mass is 10.2. The van der Waals surface area contributed by atoms with Crippen LogP contribution in [0.25, 0.3) is 0 Å². The average molecular weight is 428 g/mol. The summed E-state index contributed by atoms with van der Waals surface area (Å²) in [7, 11) is -1.60. The number of carbonyl (C=O) groups is 2. The molecule has 0 fully saturated rings. The standard InChI is InChI=1S/C17H20N2O7S2/c1-10(2)26-12-6-5-11(9-13(12)24-3)16(20)18-19-28(22,23)14-7-8-27-15(14)17(21)25-4/h5-10,19H,1-4H3,(H,18,20). The molecule has 0 aliphatic heterocycles. The summed E-state index contributed by atoms with van der Waals surface area (Å²) in [5, 5.41) is 1.43. The number of rotatable bonds is 8. The topological polar surface area (TPSA) is 120 Å². The number of esters is 1. The predicted molar refractivity (Wildman–Crippen MR) is 102 cm³/mol. The Labute approximate surface area is 166 Å². The lowest BCUT2D eigenvalue weighted by Crippen LogP contribution is -2.41. The number of hydrazine groups is 1. The van der Waals surface area contributed by atoms with Crippen LogP contribution in [0.4, 0.5) is 0 Å². The van der Waals surface area contributed by atoms with Gasteiger partial charge in [0, 0.05) is 5.56 Å². The van der Waals surface area contributed by atoms with Crippen molar-refractivity contribution >= 4 is 33.2 Å². The van der Waals surface area contributed by atoms with Gasteiger partial charge in [0.1, 0.15) is 9.77 Å². The summed E-state index contributed by atoms with van der Waals surface area (Å²) in [6.07, 6.45) is -0.0880. The van der Waals surface area contributed by atoms with Gasteiger partial charge in [-0.2, -0.15) is 0 Å². The maximum absolute atomic E-state index is 12.4. The number of hydrogen-bond donors (Lipinski definition) is 2. The maximum atomic E-state index is 12.4. The van der Waals surface area contributed by atoms with Gasteiger partial charge in [0.15, 0.2) is 11.5 Å². The van der Waals surface area contributed by atoms with Crippen molar-refractivity contribution in [1.82, 2.24) is 10.3 Å². The summed E-state index contributed by atoms with van der Waals surface area (Å²) in [5.41, 5.74) is 2.25. The molecule has 1 aromatic carbocycles. The van der Waals surface area contributed by atoms with Crippen molar-refractivity contribution in [2.75, 3.05) is 14.2 Å². The number of nitrogens with one attached hydrogen (secondary N) is 2. The van der Waals surface area contributed by atoms with Gasteiger partial charge < -0.3 is 14.2 Å². The van der Waals surface area contributed by atoms with Crippen LogP contribution in [-0.4, -0.2) is 40.6 Å². The summed E-state index contributed by atoms with van der Waals surface area (Å²) in [6.45, 7) is 3.70. The van der Waals surface area contributed by atoms with Crippen molar-refractivity contribution < 1.29 is 32.2 Å². The van der Waals surface area contributed by atoms with Gasteiger partial charge in [-0.05, 0) is 43.5 Å². The average Bonchev–Trinajstić information content (AvgIpc) is 3.16. The third-order valence-electron chi connectivity index (χ3n) is 3.38. The number of sulfonamides is 1. The molecule has 0 aliphatic rings. The van der Waals surface area contributed by atoms with E-state index in [2.05, 4.69) is 10.2 Å². The van der Waals surface area contributed by atoms with Gasteiger partial charge in [0.25, 0.3) is 15.9 Å². The van der Waals surface area contributed by atoms with Crippen LogP contribution in [0.2, 0.25) is 0 Å². The highest BCUT2D eigenvalue weighted by Gasteiger charge is 2.25. The number of hydrogen-bond acceptors (Lipinski definition) is 8. The Kier molecular flexibility index (Phi) is 7.00. The molecule has 2 N–H and O–H groups in total. The van der Waals surface area contributed by atoms with E-state index in [9.17, 15) is 18.0 Å². The Morgan fingerprint density at radius 2 is 1.82 bits per heavy atom. The molecule has 11 heteroatoms. The van der Waals surface area contributed by atoms with E-state index in [1.165, 1.54) is 30.7 Å². The normalized spacial score (nSPS) is 11.2. The SMILES string of the molecule is COC(=O)c1sccc1S(=O)(=O)NNC(=O)c1ccc(OC(C)C)c(OC)c1. The molecule has 2 rings (SSSR count). The zero-order chi connectivity index (χ0) is 20.9. The van der Waals surface area contributed by atoms with Gasteiger partial charge in [-0.1, -0.05) is 0 Å². The summed E-state index contributed by atoms with van der Waals surface area (Å²) < 4.78 is 40.1. The van der Waals surface area contributed by atoms with E-state index in [1.807, 2.05) is 18.7 Å². The first-order valence-electron chi connectivity index (χ1n) is 8.02. The molecule has 0 radical (unpaired) electrons. The molecule has 0 saturated heterocycles. The van der Waals surface area contributed by atoms with Gasteiger partial charge in [0.2, 0.25) is 0 Å². The van der Waals surface area contributed by atoms with E-state index in [0.717, 1.165) is 18.4 Å². The van der Waals surface area contributed by atoms with Crippen molar-refractivity contribution in [3.05, 3.63) is 40.1 Å². The molecule has 2 aromatic rings. The van der Waals surface area contributed by atoms with Crippen LogP contribution in [0.15, 0.2) is 34.5 Å². The van der Waals surface area contributed by atoms with Crippen LogP contribution in [0, 0.1) is 0 Å². The Hall–Kier alpha value is -2.63. The van der Waals surface area contributed by atoms with Crippen LogP contribution in [0.3, 0.4) is 0 Å². The monoisotopic (exact) mass is 428 g/mol. The zero-order valence-electron chi connectivity index (χ0n) is 15.6. The summed E-state index contributed by atoms with van der Waals surface area (Å²) in [4.78, 5) is 25.6. The lowest BCUT2D eigenvalue weighted by molar-refractivity contribution is 0.0602. The minimum Gasteiger partial charge on any atom is -0.493 e. The summed E-state index contributed by atoms with van der Waals surface area (Å²) >= 11 is 0.914. The molecular weight excluding hydrogens is 408 g/mol. The Balaban J connectivity index is 2.15. The predicted octanol–water partition coefficient (Wildman–Crippen LogP) is 1.95. The van der Waals surface area contributed by atoms with Gasteiger partial charge in [-0.3, -0.25) is 10.2 Å². The third-order valence-corrected chi connectivity index (χ3v) is 5.69. The maximum Gasteiger partial charge on any atom is 0.349 e. The third kappa shape index (κ3) is 5.00. The fraction of sp³-hybridized carbons (Fsp3) is 0.294. The molecule has 0 spiro atoms.